The number of nitrogens with one attached hydrogen (secondary N) is 3. The Kier molecular flexibility index (Phi) is 7.60. The van der Waals surface area contributed by atoms with Gasteiger partial charge in [0, 0.05) is 31.2 Å². The Hall–Kier alpha value is -3.61. The number of nitrogens with zero attached hydrogens (tertiary/aromatic N) is 3. The molecule has 1 aromatic heterocycles. The number of carbonyl (C=O) groups is 1. The molecule has 3 N–H and O–H groups in total. The van der Waals surface area contributed by atoms with Gasteiger partial charge in [0.25, 0.3) is 0 Å². The minimum Gasteiger partial charge on any atom is -0.357 e. The molecule has 30 heavy (non-hydrogen) atoms. The van der Waals surface area contributed by atoms with Crippen molar-refractivity contribution in [1.29, 1.82) is 0 Å². The van der Waals surface area contributed by atoms with Crippen LogP contribution in [0.15, 0.2) is 72.0 Å². The summed E-state index contributed by atoms with van der Waals surface area (Å²) in [5.74, 6) is 0.643. The summed E-state index contributed by atoms with van der Waals surface area (Å²) in [5, 5.41) is 13.6. The number of hydrogen-bond donors (Lipinski definition) is 3. The molecule has 156 valence electrons. The summed E-state index contributed by atoms with van der Waals surface area (Å²) in [6.45, 7) is 6.30. The zero-order valence-electron chi connectivity index (χ0n) is 17.4. The van der Waals surface area contributed by atoms with Crippen molar-refractivity contribution >= 4 is 17.6 Å². The molecule has 0 bridgehead atoms. The monoisotopic (exact) mass is 404 g/mol. The molecule has 0 aliphatic rings. The maximum atomic E-state index is 12.2. The summed E-state index contributed by atoms with van der Waals surface area (Å²) in [7, 11) is 0. The van der Waals surface area contributed by atoms with Crippen LogP contribution in [-0.2, 0) is 24.4 Å². The van der Waals surface area contributed by atoms with Gasteiger partial charge < -0.3 is 16.0 Å². The zero-order chi connectivity index (χ0) is 21.2. The highest BCUT2D eigenvalue weighted by Crippen LogP contribution is 2.11. The first-order valence-corrected chi connectivity index (χ1v) is 10.1. The fourth-order valence-corrected chi connectivity index (χ4v) is 3.01. The van der Waals surface area contributed by atoms with Crippen molar-refractivity contribution < 1.29 is 4.79 Å². The topological polar surface area (TPSA) is 83.3 Å². The van der Waals surface area contributed by atoms with Gasteiger partial charge in [0.1, 0.15) is 6.54 Å². The van der Waals surface area contributed by atoms with E-state index >= 15 is 0 Å². The van der Waals surface area contributed by atoms with Crippen molar-refractivity contribution in [3.8, 4) is 0 Å². The van der Waals surface area contributed by atoms with E-state index in [2.05, 4.69) is 51.2 Å². The molecular formula is C23H28N6O. The summed E-state index contributed by atoms with van der Waals surface area (Å²) in [6, 6.07) is 17.9. The van der Waals surface area contributed by atoms with Crippen LogP contribution in [0.2, 0.25) is 0 Å². The van der Waals surface area contributed by atoms with E-state index in [1.165, 1.54) is 11.1 Å². The molecule has 0 fully saturated rings. The van der Waals surface area contributed by atoms with Gasteiger partial charge >= 0.3 is 0 Å². The van der Waals surface area contributed by atoms with E-state index in [1.54, 1.807) is 23.1 Å². The van der Waals surface area contributed by atoms with Gasteiger partial charge in [0.15, 0.2) is 5.96 Å². The van der Waals surface area contributed by atoms with Gasteiger partial charge in [0.05, 0.1) is 6.54 Å². The smallest absolute Gasteiger partial charge is 0.246 e. The van der Waals surface area contributed by atoms with Gasteiger partial charge in [0.2, 0.25) is 5.91 Å². The zero-order valence-corrected chi connectivity index (χ0v) is 17.4. The lowest BCUT2D eigenvalue weighted by Gasteiger charge is -2.12. The number of guanidine groups is 1. The minimum absolute atomic E-state index is 0.114. The van der Waals surface area contributed by atoms with Crippen LogP contribution in [-0.4, -0.2) is 28.2 Å². The number of aryl methyl sites for hydroxylation is 1. The second-order valence-corrected chi connectivity index (χ2v) is 6.99. The molecule has 0 unspecified atom stereocenters. The molecule has 0 atom stereocenters. The fraction of sp³-hybridized carbons (Fsp3) is 0.261. The number of aliphatic imine (C=N–C) groups is 1. The molecular weight excluding hydrogens is 376 g/mol. The summed E-state index contributed by atoms with van der Waals surface area (Å²) >= 11 is 0. The highest BCUT2D eigenvalue weighted by Gasteiger charge is 2.05. The molecule has 1 heterocycles. The lowest BCUT2D eigenvalue weighted by atomic mass is 10.1. The van der Waals surface area contributed by atoms with Gasteiger partial charge in [-0.25, -0.2) is 4.99 Å². The summed E-state index contributed by atoms with van der Waals surface area (Å²) in [4.78, 5) is 16.8. The molecule has 7 nitrogen and oxygen atoms in total. The molecule has 0 radical (unpaired) electrons. The lowest BCUT2D eigenvalue weighted by molar-refractivity contribution is -0.116. The van der Waals surface area contributed by atoms with Crippen molar-refractivity contribution in [3.05, 3.63) is 83.7 Å². The van der Waals surface area contributed by atoms with Gasteiger partial charge in [-0.15, -0.1) is 0 Å². The van der Waals surface area contributed by atoms with Crippen molar-refractivity contribution in [2.75, 3.05) is 11.9 Å². The Morgan fingerprint density at radius 3 is 2.67 bits per heavy atom. The van der Waals surface area contributed by atoms with E-state index in [1.807, 2.05) is 37.3 Å². The van der Waals surface area contributed by atoms with Gasteiger partial charge in [-0.3, -0.25) is 9.48 Å². The standard InChI is InChI=1S/C23H28N6O/c1-3-24-23(25-15-19-8-4-7-18(2)13-19)26-16-20-9-5-10-21(14-20)28-22(30)17-29-12-6-11-27-29/h4-14H,3,15-17H2,1-2H3,(H,28,30)(H2,24,25,26). The molecule has 0 aliphatic carbocycles. The maximum Gasteiger partial charge on any atom is 0.246 e. The second kappa shape index (κ2) is 10.8. The van der Waals surface area contributed by atoms with Crippen molar-refractivity contribution in [3.63, 3.8) is 0 Å². The summed E-state index contributed by atoms with van der Waals surface area (Å²) in [6.07, 6.45) is 3.42. The average molecular weight is 405 g/mol. The molecule has 1 amide bonds. The van der Waals surface area contributed by atoms with E-state index in [9.17, 15) is 4.79 Å². The van der Waals surface area contributed by atoms with Crippen LogP contribution in [0.5, 0.6) is 0 Å². The quantitative estimate of drug-likeness (QED) is 0.398. The Morgan fingerprint density at radius 1 is 1.07 bits per heavy atom. The van der Waals surface area contributed by atoms with Crippen LogP contribution < -0.4 is 16.0 Å². The third-order valence-electron chi connectivity index (χ3n) is 4.38. The van der Waals surface area contributed by atoms with E-state index in [0.717, 1.165) is 23.8 Å². The molecule has 2 aromatic carbocycles. The van der Waals surface area contributed by atoms with Gasteiger partial charge in [-0.2, -0.15) is 5.10 Å². The van der Waals surface area contributed by atoms with Crippen LogP contribution >= 0.6 is 0 Å². The second-order valence-electron chi connectivity index (χ2n) is 6.99. The molecule has 0 saturated heterocycles. The number of anilines is 1. The predicted molar refractivity (Wildman–Crippen MR) is 120 cm³/mol. The first-order chi connectivity index (χ1) is 14.6. The average Bonchev–Trinajstić information content (AvgIpc) is 3.23. The van der Waals surface area contributed by atoms with Crippen molar-refractivity contribution in [1.82, 2.24) is 20.4 Å². The van der Waals surface area contributed by atoms with Crippen molar-refractivity contribution in [2.24, 2.45) is 4.99 Å². The Bertz CT molecular complexity index is 981. The van der Waals surface area contributed by atoms with E-state index in [-0.39, 0.29) is 12.5 Å². The SMILES string of the molecule is CCNC(=NCc1cccc(C)c1)NCc1cccc(NC(=O)Cn2cccn2)c1. The Balaban J connectivity index is 1.56. The molecule has 0 aliphatic heterocycles. The number of rotatable bonds is 8. The third kappa shape index (κ3) is 6.77. The molecule has 0 saturated carbocycles. The number of hydrogen-bond acceptors (Lipinski definition) is 3. The van der Waals surface area contributed by atoms with Gasteiger partial charge in [-0.05, 0) is 43.2 Å². The van der Waals surface area contributed by atoms with Gasteiger partial charge in [-0.1, -0.05) is 42.0 Å². The molecule has 7 heteroatoms. The minimum atomic E-state index is -0.114. The summed E-state index contributed by atoms with van der Waals surface area (Å²) < 4.78 is 1.59. The first kappa shape index (κ1) is 21.1. The fourth-order valence-electron chi connectivity index (χ4n) is 3.01. The highest BCUT2D eigenvalue weighted by molar-refractivity contribution is 5.90. The highest BCUT2D eigenvalue weighted by atomic mass is 16.2. The number of benzene rings is 2. The number of aromatic nitrogens is 2. The first-order valence-electron chi connectivity index (χ1n) is 10.1. The number of amides is 1. The molecule has 0 spiro atoms. The lowest BCUT2D eigenvalue weighted by Crippen LogP contribution is -2.36. The largest absolute Gasteiger partial charge is 0.357 e. The van der Waals surface area contributed by atoms with Crippen LogP contribution in [0, 0.1) is 6.92 Å². The molecule has 3 rings (SSSR count). The van der Waals surface area contributed by atoms with Crippen LogP contribution in [0.25, 0.3) is 0 Å². The Labute approximate surface area is 177 Å². The van der Waals surface area contributed by atoms with E-state index in [4.69, 9.17) is 0 Å². The van der Waals surface area contributed by atoms with Crippen LogP contribution in [0.3, 0.4) is 0 Å². The normalized spacial score (nSPS) is 11.2. The maximum absolute atomic E-state index is 12.2. The van der Waals surface area contributed by atoms with E-state index < -0.39 is 0 Å². The van der Waals surface area contributed by atoms with E-state index in [0.29, 0.717) is 13.1 Å². The predicted octanol–water partition coefficient (Wildman–Crippen LogP) is 3.09. The number of carbonyl (C=O) groups excluding carboxylic acids is 1. The molecule has 3 aromatic rings. The Morgan fingerprint density at radius 2 is 1.90 bits per heavy atom. The van der Waals surface area contributed by atoms with Crippen LogP contribution in [0.1, 0.15) is 23.6 Å². The third-order valence-corrected chi connectivity index (χ3v) is 4.38. The summed E-state index contributed by atoms with van der Waals surface area (Å²) in [5.41, 5.74) is 4.21. The van der Waals surface area contributed by atoms with Crippen LogP contribution in [0.4, 0.5) is 5.69 Å². The van der Waals surface area contributed by atoms with Crippen molar-refractivity contribution in [2.45, 2.75) is 33.5 Å².